The highest BCUT2D eigenvalue weighted by Gasteiger charge is 2.43. The summed E-state index contributed by atoms with van der Waals surface area (Å²) in [6.07, 6.45) is 14.4. The first-order valence-electron chi connectivity index (χ1n) is 13.9. The van der Waals surface area contributed by atoms with Gasteiger partial charge >= 0.3 is 0 Å². The molecule has 38 heavy (non-hydrogen) atoms. The van der Waals surface area contributed by atoms with Crippen LogP contribution in [0.1, 0.15) is 63.4 Å². The highest BCUT2D eigenvalue weighted by molar-refractivity contribution is 6.30. The second-order valence-corrected chi connectivity index (χ2v) is 11.5. The lowest BCUT2D eigenvalue weighted by molar-refractivity contribution is -0.139. The summed E-state index contributed by atoms with van der Waals surface area (Å²) in [5.74, 6) is 0.378. The standard InChI is InChI=1S/C29H41ClN6O2/c1-2-6-25(31)18-27(37)34-26(17-22-9-11-24(30)12-10-22)28(38)35-15-13-29(14-16-35,19-36-21-32-20-33-36)23-7-4-3-5-8-23/h2,9-12,20-21,23,25-26H,1,3-8,13-19,31H2,(H,34,37). The Balaban J connectivity index is 1.46. The van der Waals surface area contributed by atoms with E-state index in [1.807, 2.05) is 33.8 Å². The molecule has 1 saturated heterocycles. The van der Waals surface area contributed by atoms with Gasteiger partial charge in [-0.25, -0.2) is 4.98 Å². The number of aromatic nitrogens is 3. The molecule has 2 amide bonds. The van der Waals surface area contributed by atoms with E-state index in [1.165, 1.54) is 32.1 Å². The number of rotatable bonds is 11. The first kappa shape index (κ1) is 28.3. The van der Waals surface area contributed by atoms with Crippen molar-refractivity contribution in [3.63, 3.8) is 0 Å². The van der Waals surface area contributed by atoms with Crippen molar-refractivity contribution in [3.05, 3.63) is 60.2 Å². The number of benzene rings is 1. The summed E-state index contributed by atoms with van der Waals surface area (Å²) in [7, 11) is 0. The van der Waals surface area contributed by atoms with Crippen molar-refractivity contribution < 1.29 is 9.59 Å². The summed E-state index contributed by atoms with van der Waals surface area (Å²) < 4.78 is 1.96. The summed E-state index contributed by atoms with van der Waals surface area (Å²) in [5, 5.41) is 8.03. The van der Waals surface area contributed by atoms with E-state index in [0.717, 1.165) is 24.9 Å². The molecule has 2 aliphatic rings. The van der Waals surface area contributed by atoms with Crippen LogP contribution in [0.15, 0.2) is 49.6 Å². The van der Waals surface area contributed by atoms with Crippen LogP contribution < -0.4 is 11.1 Å². The average Bonchev–Trinajstić information content (AvgIpc) is 3.43. The zero-order valence-corrected chi connectivity index (χ0v) is 23.0. The largest absolute Gasteiger partial charge is 0.344 e. The van der Waals surface area contributed by atoms with Crippen molar-refractivity contribution in [2.24, 2.45) is 17.1 Å². The zero-order chi connectivity index (χ0) is 27.0. The summed E-state index contributed by atoms with van der Waals surface area (Å²) in [6.45, 7) is 5.88. The van der Waals surface area contributed by atoms with Crippen LogP contribution in [0.4, 0.5) is 0 Å². The molecule has 1 saturated carbocycles. The van der Waals surface area contributed by atoms with Gasteiger partial charge in [0, 0.05) is 43.5 Å². The maximum absolute atomic E-state index is 13.8. The third-order valence-corrected chi connectivity index (χ3v) is 8.64. The van der Waals surface area contributed by atoms with Crippen molar-refractivity contribution in [2.75, 3.05) is 13.1 Å². The van der Waals surface area contributed by atoms with Crippen LogP contribution >= 0.6 is 11.6 Å². The number of piperidine rings is 1. The molecule has 206 valence electrons. The molecule has 9 heteroatoms. The van der Waals surface area contributed by atoms with E-state index < -0.39 is 6.04 Å². The Morgan fingerprint density at radius 1 is 1.18 bits per heavy atom. The van der Waals surface area contributed by atoms with Gasteiger partial charge in [0.1, 0.15) is 18.7 Å². The van der Waals surface area contributed by atoms with Crippen LogP contribution in [0.25, 0.3) is 0 Å². The molecule has 1 aliphatic carbocycles. The van der Waals surface area contributed by atoms with E-state index in [9.17, 15) is 9.59 Å². The topological polar surface area (TPSA) is 106 Å². The summed E-state index contributed by atoms with van der Waals surface area (Å²) in [5.41, 5.74) is 7.11. The molecule has 0 bridgehead atoms. The number of carbonyl (C=O) groups is 2. The highest BCUT2D eigenvalue weighted by Crippen LogP contribution is 2.47. The summed E-state index contributed by atoms with van der Waals surface area (Å²) in [4.78, 5) is 32.8. The fourth-order valence-corrected chi connectivity index (χ4v) is 6.41. The molecule has 2 heterocycles. The average molecular weight is 541 g/mol. The number of amides is 2. The Morgan fingerprint density at radius 2 is 1.89 bits per heavy atom. The van der Waals surface area contributed by atoms with E-state index in [0.29, 0.717) is 36.9 Å². The van der Waals surface area contributed by atoms with Crippen molar-refractivity contribution in [1.29, 1.82) is 0 Å². The van der Waals surface area contributed by atoms with Crippen molar-refractivity contribution in [1.82, 2.24) is 25.0 Å². The second kappa shape index (κ2) is 13.4. The highest BCUT2D eigenvalue weighted by atomic mass is 35.5. The van der Waals surface area contributed by atoms with Gasteiger partial charge in [-0.15, -0.1) is 6.58 Å². The molecule has 2 atom stereocenters. The van der Waals surface area contributed by atoms with Gasteiger partial charge < -0.3 is 16.0 Å². The van der Waals surface area contributed by atoms with Gasteiger partial charge in [-0.2, -0.15) is 5.10 Å². The van der Waals surface area contributed by atoms with Crippen LogP contribution in [0, 0.1) is 11.3 Å². The molecule has 1 aliphatic heterocycles. The number of nitrogens with two attached hydrogens (primary N) is 1. The van der Waals surface area contributed by atoms with Gasteiger partial charge in [-0.3, -0.25) is 14.3 Å². The van der Waals surface area contributed by atoms with Gasteiger partial charge in [-0.1, -0.05) is 49.1 Å². The number of nitrogens with one attached hydrogen (secondary N) is 1. The third kappa shape index (κ3) is 7.44. The maximum Gasteiger partial charge on any atom is 0.245 e. The van der Waals surface area contributed by atoms with E-state index in [-0.39, 0.29) is 29.7 Å². The van der Waals surface area contributed by atoms with Gasteiger partial charge in [0.25, 0.3) is 0 Å². The van der Waals surface area contributed by atoms with Gasteiger partial charge in [-0.05, 0) is 61.1 Å². The number of hydrogen-bond donors (Lipinski definition) is 2. The Bertz CT molecular complexity index is 1040. The molecule has 1 aromatic heterocycles. The van der Waals surface area contributed by atoms with Gasteiger partial charge in [0.2, 0.25) is 11.8 Å². The minimum Gasteiger partial charge on any atom is -0.344 e. The van der Waals surface area contributed by atoms with E-state index >= 15 is 0 Å². The van der Waals surface area contributed by atoms with Crippen molar-refractivity contribution in [2.45, 2.75) is 82.8 Å². The van der Waals surface area contributed by atoms with Crippen molar-refractivity contribution in [3.8, 4) is 0 Å². The lowest BCUT2D eigenvalue weighted by Gasteiger charge is -2.48. The van der Waals surface area contributed by atoms with Gasteiger partial charge in [0.15, 0.2) is 0 Å². The molecule has 2 unspecified atom stereocenters. The van der Waals surface area contributed by atoms with E-state index in [4.69, 9.17) is 17.3 Å². The molecule has 8 nitrogen and oxygen atoms in total. The fraction of sp³-hybridized carbons (Fsp3) is 0.586. The molecule has 2 aromatic rings. The molecule has 4 rings (SSSR count). The summed E-state index contributed by atoms with van der Waals surface area (Å²) in [6, 6.07) is 6.45. The zero-order valence-electron chi connectivity index (χ0n) is 22.2. The SMILES string of the molecule is C=CCC(N)CC(=O)NC(Cc1ccc(Cl)cc1)C(=O)N1CCC(Cn2cncn2)(C2CCCCC2)CC1. The number of halogens is 1. The smallest absolute Gasteiger partial charge is 0.245 e. The first-order valence-corrected chi connectivity index (χ1v) is 14.3. The Labute approximate surface area is 231 Å². The number of carbonyl (C=O) groups excluding carboxylic acids is 2. The van der Waals surface area contributed by atoms with Crippen LogP contribution in [0.2, 0.25) is 5.02 Å². The van der Waals surface area contributed by atoms with Crippen LogP contribution in [0.5, 0.6) is 0 Å². The van der Waals surface area contributed by atoms with Gasteiger partial charge in [0.05, 0.1) is 0 Å². The first-order chi connectivity index (χ1) is 18.4. The molecular formula is C29H41ClN6O2. The van der Waals surface area contributed by atoms with E-state index in [2.05, 4.69) is 22.0 Å². The normalized spacial score (nSPS) is 19.5. The van der Waals surface area contributed by atoms with E-state index in [1.54, 1.807) is 18.7 Å². The number of nitrogens with zero attached hydrogens (tertiary/aromatic N) is 4. The van der Waals surface area contributed by atoms with Crippen LogP contribution in [-0.4, -0.2) is 56.7 Å². The summed E-state index contributed by atoms with van der Waals surface area (Å²) >= 11 is 6.07. The lowest BCUT2D eigenvalue weighted by Crippen LogP contribution is -2.55. The molecule has 1 aromatic carbocycles. The second-order valence-electron chi connectivity index (χ2n) is 11.1. The molecule has 3 N–H and O–H groups in total. The third-order valence-electron chi connectivity index (χ3n) is 8.39. The molecule has 2 fully saturated rings. The predicted octanol–water partition coefficient (Wildman–Crippen LogP) is 4.14. The quantitative estimate of drug-likeness (QED) is 0.417. The fourth-order valence-electron chi connectivity index (χ4n) is 6.29. The Kier molecular flexibility index (Phi) is 9.97. The van der Waals surface area contributed by atoms with Crippen LogP contribution in [0.3, 0.4) is 0 Å². The lowest BCUT2D eigenvalue weighted by atomic mass is 9.63. The Hall–Kier alpha value is -2.71. The van der Waals surface area contributed by atoms with Crippen LogP contribution in [-0.2, 0) is 22.6 Å². The molecular weight excluding hydrogens is 500 g/mol. The Morgan fingerprint density at radius 3 is 2.53 bits per heavy atom. The maximum atomic E-state index is 13.8. The predicted molar refractivity (Wildman–Crippen MR) is 149 cm³/mol. The molecule has 0 spiro atoms. The minimum atomic E-state index is -0.655. The number of likely N-dealkylation sites (tertiary alicyclic amines) is 1. The number of hydrogen-bond acceptors (Lipinski definition) is 5. The van der Waals surface area contributed by atoms with Crippen molar-refractivity contribution >= 4 is 23.4 Å². The monoisotopic (exact) mass is 540 g/mol. The molecule has 0 radical (unpaired) electrons. The minimum absolute atomic E-state index is 0.0383.